The number of hydrogen-bond donors (Lipinski definition) is 0. The van der Waals surface area contributed by atoms with Crippen LogP contribution in [-0.4, -0.2) is 12.6 Å². The van der Waals surface area contributed by atoms with E-state index in [9.17, 15) is 4.79 Å². The van der Waals surface area contributed by atoms with E-state index in [4.69, 9.17) is 4.74 Å². The zero-order valence-corrected chi connectivity index (χ0v) is 27.8. The summed E-state index contributed by atoms with van der Waals surface area (Å²) in [5.41, 5.74) is 0. The highest BCUT2D eigenvalue weighted by Gasteiger charge is 2.09. The van der Waals surface area contributed by atoms with Crippen LogP contribution in [0.25, 0.3) is 0 Å². The van der Waals surface area contributed by atoms with E-state index in [2.05, 4.69) is 53.7 Å². The second-order valence-corrected chi connectivity index (χ2v) is 13.5. The Labute approximate surface area is 246 Å². The lowest BCUT2D eigenvalue weighted by atomic mass is 9.91. The van der Waals surface area contributed by atoms with Crippen LogP contribution in [0.4, 0.5) is 0 Å². The number of unbranched alkanes of at least 4 members (excludes halogenated alkanes) is 10. The number of carbonyl (C=O) groups excluding carboxylic acids is 1. The summed E-state index contributed by atoms with van der Waals surface area (Å²) in [5.74, 6) is 3.26. The third kappa shape index (κ3) is 30.0. The zero-order valence-electron chi connectivity index (χ0n) is 27.8. The lowest BCUT2D eigenvalue weighted by Gasteiger charge is -2.16. The molecule has 0 radical (unpaired) electrons. The summed E-state index contributed by atoms with van der Waals surface area (Å²) in [6.07, 6.45) is 33.9. The molecule has 2 heteroatoms. The van der Waals surface area contributed by atoms with E-state index in [1.165, 1.54) is 122 Å². The Morgan fingerprint density at radius 2 is 0.974 bits per heavy atom. The lowest BCUT2D eigenvalue weighted by Crippen LogP contribution is -2.09. The van der Waals surface area contributed by atoms with Crippen LogP contribution >= 0.6 is 0 Å². The molecule has 0 aliphatic carbocycles. The first-order valence-electron chi connectivity index (χ1n) is 17.7. The van der Waals surface area contributed by atoms with Crippen LogP contribution in [0.3, 0.4) is 0 Å². The molecule has 0 rings (SSSR count). The van der Waals surface area contributed by atoms with Crippen LogP contribution in [0.5, 0.6) is 0 Å². The van der Waals surface area contributed by atoms with E-state index in [1.807, 2.05) is 0 Å². The molecule has 0 fully saturated rings. The molecular formula is C37H72O2. The van der Waals surface area contributed by atoms with Crippen molar-refractivity contribution in [2.75, 3.05) is 6.61 Å². The summed E-state index contributed by atoms with van der Waals surface area (Å²) in [5, 5.41) is 0. The Balaban J connectivity index is 3.50. The van der Waals surface area contributed by atoms with Crippen LogP contribution in [0.15, 0.2) is 12.2 Å². The zero-order chi connectivity index (χ0) is 29.0. The highest BCUT2D eigenvalue weighted by Crippen LogP contribution is 2.22. The molecule has 0 saturated heterocycles. The average Bonchev–Trinajstić information content (AvgIpc) is 2.88. The van der Waals surface area contributed by atoms with Gasteiger partial charge >= 0.3 is 5.97 Å². The second kappa shape index (κ2) is 28.7. The topological polar surface area (TPSA) is 26.3 Å². The molecule has 39 heavy (non-hydrogen) atoms. The van der Waals surface area contributed by atoms with E-state index >= 15 is 0 Å². The Morgan fingerprint density at radius 1 is 0.538 bits per heavy atom. The monoisotopic (exact) mass is 549 g/mol. The van der Waals surface area contributed by atoms with Crippen molar-refractivity contribution in [3.05, 3.63) is 12.2 Å². The molecule has 232 valence electrons. The summed E-state index contributed by atoms with van der Waals surface area (Å²) in [6.45, 7) is 14.7. The first-order valence-corrected chi connectivity index (χ1v) is 17.7. The van der Waals surface area contributed by atoms with E-state index in [0.717, 1.165) is 37.0 Å². The van der Waals surface area contributed by atoms with Crippen molar-refractivity contribution in [1.82, 2.24) is 0 Å². The van der Waals surface area contributed by atoms with Gasteiger partial charge in [-0.05, 0) is 62.2 Å². The van der Waals surface area contributed by atoms with Crippen molar-refractivity contribution in [2.24, 2.45) is 23.7 Å². The van der Waals surface area contributed by atoms with Gasteiger partial charge in [0.15, 0.2) is 0 Å². The van der Waals surface area contributed by atoms with Crippen LogP contribution in [0, 0.1) is 23.7 Å². The van der Waals surface area contributed by atoms with Gasteiger partial charge in [-0.2, -0.15) is 0 Å². The van der Waals surface area contributed by atoms with Crippen molar-refractivity contribution in [2.45, 2.75) is 189 Å². The van der Waals surface area contributed by atoms with Gasteiger partial charge in [-0.25, -0.2) is 0 Å². The molecule has 0 aromatic carbocycles. The van der Waals surface area contributed by atoms with Gasteiger partial charge in [0, 0.05) is 6.42 Å². The van der Waals surface area contributed by atoms with E-state index in [0.29, 0.717) is 18.9 Å². The molecule has 0 spiro atoms. The van der Waals surface area contributed by atoms with Crippen molar-refractivity contribution in [1.29, 1.82) is 0 Å². The number of esters is 1. The highest BCUT2D eigenvalue weighted by molar-refractivity contribution is 5.69. The minimum atomic E-state index is 0.0103. The van der Waals surface area contributed by atoms with E-state index in [1.54, 1.807) is 0 Å². The minimum absolute atomic E-state index is 0.0103. The fourth-order valence-electron chi connectivity index (χ4n) is 5.55. The number of carbonyl (C=O) groups is 1. The number of allylic oxidation sites excluding steroid dienone is 2. The average molecular weight is 549 g/mol. The SMILES string of the molecule is CCCCCCC/C=C/CCCCCCCC(=O)OCCC(C)CCCC(C)CCCC(C)CCCC(C)C. The third-order valence-corrected chi connectivity index (χ3v) is 8.53. The van der Waals surface area contributed by atoms with Crippen molar-refractivity contribution < 1.29 is 9.53 Å². The Hall–Kier alpha value is -0.790. The Kier molecular flexibility index (Phi) is 28.1. The van der Waals surface area contributed by atoms with E-state index in [-0.39, 0.29) is 5.97 Å². The fraction of sp³-hybridized carbons (Fsp3) is 0.919. The molecule has 0 N–H and O–H groups in total. The first kappa shape index (κ1) is 38.2. The normalized spacial score (nSPS) is 14.2. The third-order valence-electron chi connectivity index (χ3n) is 8.53. The molecule has 0 aliphatic heterocycles. The lowest BCUT2D eigenvalue weighted by molar-refractivity contribution is -0.144. The van der Waals surface area contributed by atoms with Gasteiger partial charge in [-0.1, -0.05) is 156 Å². The van der Waals surface area contributed by atoms with Crippen LogP contribution in [0.1, 0.15) is 189 Å². The first-order chi connectivity index (χ1) is 18.8. The molecule has 0 saturated carbocycles. The van der Waals surface area contributed by atoms with Gasteiger partial charge in [0.1, 0.15) is 0 Å². The quantitative estimate of drug-likeness (QED) is 0.0527. The highest BCUT2D eigenvalue weighted by atomic mass is 16.5. The van der Waals surface area contributed by atoms with E-state index < -0.39 is 0 Å². The molecule has 0 heterocycles. The van der Waals surface area contributed by atoms with Gasteiger partial charge in [-0.15, -0.1) is 0 Å². The van der Waals surface area contributed by atoms with Crippen molar-refractivity contribution in [3.63, 3.8) is 0 Å². The second-order valence-electron chi connectivity index (χ2n) is 13.5. The summed E-state index contributed by atoms with van der Waals surface area (Å²) >= 11 is 0. The molecule has 3 atom stereocenters. The molecule has 3 unspecified atom stereocenters. The Morgan fingerprint density at radius 3 is 1.49 bits per heavy atom. The maximum atomic E-state index is 12.1. The standard InChI is InChI=1S/C37H72O2/c1-7-8-9-10-11-12-13-14-15-16-17-18-19-20-30-37(38)39-32-31-36(6)29-23-28-35(5)27-22-26-34(4)25-21-24-33(2)3/h13-14,33-36H,7-12,15-32H2,1-6H3/b14-13+. The van der Waals surface area contributed by atoms with Crippen LogP contribution in [0.2, 0.25) is 0 Å². The fourth-order valence-corrected chi connectivity index (χ4v) is 5.55. The van der Waals surface area contributed by atoms with Gasteiger partial charge < -0.3 is 4.74 Å². The van der Waals surface area contributed by atoms with Crippen LogP contribution < -0.4 is 0 Å². The van der Waals surface area contributed by atoms with Crippen molar-refractivity contribution >= 4 is 5.97 Å². The predicted molar refractivity (Wildman–Crippen MR) is 174 cm³/mol. The summed E-state index contributed by atoms with van der Waals surface area (Å²) in [7, 11) is 0. The summed E-state index contributed by atoms with van der Waals surface area (Å²) < 4.78 is 5.52. The Bertz CT molecular complexity index is 538. The largest absolute Gasteiger partial charge is 0.466 e. The summed E-state index contributed by atoms with van der Waals surface area (Å²) in [6, 6.07) is 0. The molecule has 0 amide bonds. The summed E-state index contributed by atoms with van der Waals surface area (Å²) in [4.78, 5) is 12.1. The molecular weight excluding hydrogens is 476 g/mol. The van der Waals surface area contributed by atoms with Crippen molar-refractivity contribution in [3.8, 4) is 0 Å². The molecule has 0 aromatic rings. The van der Waals surface area contributed by atoms with Gasteiger partial charge in [-0.3, -0.25) is 4.79 Å². The molecule has 0 bridgehead atoms. The number of rotatable bonds is 29. The smallest absolute Gasteiger partial charge is 0.305 e. The van der Waals surface area contributed by atoms with Gasteiger partial charge in [0.25, 0.3) is 0 Å². The maximum Gasteiger partial charge on any atom is 0.305 e. The van der Waals surface area contributed by atoms with Gasteiger partial charge in [0.2, 0.25) is 0 Å². The number of hydrogen-bond acceptors (Lipinski definition) is 2. The maximum absolute atomic E-state index is 12.1. The molecule has 0 aromatic heterocycles. The minimum Gasteiger partial charge on any atom is -0.466 e. The molecule has 2 nitrogen and oxygen atoms in total. The molecule has 0 aliphatic rings. The number of ether oxygens (including phenoxy) is 1. The van der Waals surface area contributed by atoms with Gasteiger partial charge in [0.05, 0.1) is 6.61 Å². The van der Waals surface area contributed by atoms with Crippen LogP contribution in [-0.2, 0) is 9.53 Å². The predicted octanol–water partition coefficient (Wildman–Crippen LogP) is 12.6.